The zero-order valence-corrected chi connectivity index (χ0v) is 20.0. The molecule has 0 radical (unpaired) electrons. The van der Waals surface area contributed by atoms with Gasteiger partial charge in [-0.15, -0.1) is 0 Å². The van der Waals surface area contributed by atoms with Gasteiger partial charge in [-0.1, -0.05) is 26.8 Å². The quantitative estimate of drug-likeness (QED) is 0.525. The minimum absolute atomic E-state index is 0.0980. The van der Waals surface area contributed by atoms with E-state index in [0.717, 1.165) is 16.2 Å². The Morgan fingerprint density at radius 3 is 2.38 bits per heavy atom. The van der Waals surface area contributed by atoms with E-state index in [1.165, 1.54) is 26.6 Å². The van der Waals surface area contributed by atoms with Crippen LogP contribution in [0.2, 0.25) is 0 Å². The SMILES string of the molecule is CON(C(=O)c1ccc(C)c(-n2cnc(C(=O)O)c2)c1)c1cc(NC(C)=O)cc(C(C)(C)C)c1. The molecule has 0 spiro atoms. The summed E-state index contributed by atoms with van der Waals surface area (Å²) in [4.78, 5) is 45.7. The number of aromatic carboxylic acids is 1. The van der Waals surface area contributed by atoms with Gasteiger partial charge in [-0.25, -0.2) is 9.78 Å². The van der Waals surface area contributed by atoms with Gasteiger partial charge in [-0.05, 0) is 53.8 Å². The largest absolute Gasteiger partial charge is 0.476 e. The zero-order chi connectivity index (χ0) is 25.2. The van der Waals surface area contributed by atoms with E-state index in [1.807, 2.05) is 39.8 Å². The summed E-state index contributed by atoms with van der Waals surface area (Å²) in [5.41, 5.74) is 3.35. The summed E-state index contributed by atoms with van der Waals surface area (Å²) in [6.45, 7) is 9.37. The molecule has 2 aromatic carbocycles. The molecule has 3 aromatic rings. The fourth-order valence-electron chi connectivity index (χ4n) is 3.45. The fourth-order valence-corrected chi connectivity index (χ4v) is 3.45. The normalized spacial score (nSPS) is 11.2. The van der Waals surface area contributed by atoms with Crippen LogP contribution in [0.1, 0.15) is 59.7 Å². The molecule has 0 bridgehead atoms. The number of hydroxylamine groups is 1. The highest BCUT2D eigenvalue weighted by atomic mass is 16.7. The number of aryl methyl sites for hydroxylation is 1. The summed E-state index contributed by atoms with van der Waals surface area (Å²) in [6.07, 6.45) is 2.78. The monoisotopic (exact) mass is 464 g/mol. The first-order chi connectivity index (χ1) is 15.9. The lowest BCUT2D eigenvalue weighted by Crippen LogP contribution is -2.30. The second-order valence-corrected chi connectivity index (χ2v) is 8.95. The van der Waals surface area contributed by atoms with E-state index in [1.54, 1.807) is 28.8 Å². The highest BCUT2D eigenvalue weighted by Gasteiger charge is 2.23. The standard InChI is InChI=1S/C25H28N4O5/c1-15-7-8-17(9-22(15)28-13-21(24(32)33)26-14-28)23(31)29(34-6)20-11-18(25(3,4)5)10-19(12-20)27-16(2)30/h7-14H,1-6H3,(H,27,30)(H,32,33). The number of carbonyl (C=O) groups is 3. The number of carboxylic acids is 1. The summed E-state index contributed by atoms with van der Waals surface area (Å²) < 4.78 is 1.56. The van der Waals surface area contributed by atoms with Crippen molar-refractivity contribution in [2.45, 2.75) is 40.0 Å². The average Bonchev–Trinajstić information content (AvgIpc) is 3.23. The molecule has 2 amide bonds. The third kappa shape index (κ3) is 5.32. The zero-order valence-electron chi connectivity index (χ0n) is 20.0. The Bertz CT molecular complexity index is 1260. The first kappa shape index (κ1) is 24.7. The lowest BCUT2D eigenvalue weighted by molar-refractivity contribution is -0.114. The minimum Gasteiger partial charge on any atom is -0.476 e. The fraction of sp³-hybridized carbons (Fsp3) is 0.280. The molecule has 0 aliphatic carbocycles. The Morgan fingerprint density at radius 1 is 1.12 bits per heavy atom. The molecule has 1 aromatic heterocycles. The molecule has 0 aliphatic rings. The van der Waals surface area contributed by atoms with Crippen LogP contribution < -0.4 is 10.4 Å². The molecule has 0 unspecified atom stereocenters. The molecule has 0 saturated heterocycles. The van der Waals surface area contributed by atoms with E-state index in [4.69, 9.17) is 9.94 Å². The highest BCUT2D eigenvalue weighted by molar-refractivity contribution is 6.05. The van der Waals surface area contributed by atoms with Crippen LogP contribution in [-0.2, 0) is 15.0 Å². The number of hydrogen-bond donors (Lipinski definition) is 2. The molecule has 9 heteroatoms. The van der Waals surface area contributed by atoms with E-state index in [0.29, 0.717) is 22.6 Å². The van der Waals surface area contributed by atoms with E-state index in [-0.39, 0.29) is 17.0 Å². The Balaban J connectivity index is 2.04. The number of aromatic nitrogens is 2. The number of nitrogens with one attached hydrogen (secondary N) is 1. The van der Waals surface area contributed by atoms with E-state index in [9.17, 15) is 14.4 Å². The smallest absolute Gasteiger partial charge is 0.356 e. The molecule has 34 heavy (non-hydrogen) atoms. The molecule has 0 fully saturated rings. The maximum atomic E-state index is 13.5. The predicted molar refractivity (Wildman–Crippen MR) is 129 cm³/mol. The van der Waals surface area contributed by atoms with E-state index >= 15 is 0 Å². The predicted octanol–water partition coefficient (Wildman–Crippen LogP) is 4.34. The van der Waals surface area contributed by atoms with Crippen LogP contribution in [0.3, 0.4) is 0 Å². The Hall–Kier alpha value is -3.98. The van der Waals surface area contributed by atoms with Crippen molar-refractivity contribution in [3.05, 3.63) is 71.3 Å². The van der Waals surface area contributed by atoms with Gasteiger partial charge in [-0.2, -0.15) is 5.06 Å². The molecule has 1 heterocycles. The van der Waals surface area contributed by atoms with Gasteiger partial charge in [0.05, 0.1) is 18.5 Å². The van der Waals surface area contributed by atoms with Gasteiger partial charge in [0.25, 0.3) is 5.91 Å². The van der Waals surface area contributed by atoms with Crippen molar-refractivity contribution in [3.63, 3.8) is 0 Å². The summed E-state index contributed by atoms with van der Waals surface area (Å²) in [6, 6.07) is 10.5. The second-order valence-electron chi connectivity index (χ2n) is 8.95. The number of carbonyl (C=O) groups excluding carboxylic acids is 2. The van der Waals surface area contributed by atoms with Gasteiger partial charge in [-0.3, -0.25) is 14.4 Å². The Morgan fingerprint density at radius 2 is 1.82 bits per heavy atom. The number of anilines is 2. The van der Waals surface area contributed by atoms with Gasteiger partial charge < -0.3 is 15.0 Å². The van der Waals surface area contributed by atoms with E-state index in [2.05, 4.69) is 10.3 Å². The first-order valence-corrected chi connectivity index (χ1v) is 10.6. The lowest BCUT2D eigenvalue weighted by atomic mass is 9.86. The van der Waals surface area contributed by atoms with Crippen LogP contribution in [-0.4, -0.2) is 39.6 Å². The number of carboxylic acid groups (broad SMARTS) is 1. The van der Waals surface area contributed by atoms with Gasteiger partial charge in [0.1, 0.15) is 6.33 Å². The maximum absolute atomic E-state index is 13.5. The van der Waals surface area contributed by atoms with Crippen LogP contribution >= 0.6 is 0 Å². The second kappa shape index (κ2) is 9.48. The third-order valence-electron chi connectivity index (χ3n) is 5.24. The molecular weight excluding hydrogens is 436 g/mol. The molecular formula is C25H28N4O5. The van der Waals surface area contributed by atoms with Crippen LogP contribution in [0.15, 0.2) is 48.9 Å². The van der Waals surface area contributed by atoms with Crippen LogP contribution in [0.4, 0.5) is 11.4 Å². The van der Waals surface area contributed by atoms with Crippen molar-refractivity contribution in [2.75, 3.05) is 17.5 Å². The van der Waals surface area contributed by atoms with Gasteiger partial charge in [0.15, 0.2) is 5.69 Å². The van der Waals surface area contributed by atoms with Crippen molar-refractivity contribution in [2.24, 2.45) is 0 Å². The topological polar surface area (TPSA) is 114 Å². The number of rotatable bonds is 6. The third-order valence-corrected chi connectivity index (χ3v) is 5.24. The lowest BCUT2D eigenvalue weighted by Gasteiger charge is -2.25. The van der Waals surface area contributed by atoms with E-state index < -0.39 is 11.9 Å². The van der Waals surface area contributed by atoms with Gasteiger partial charge in [0.2, 0.25) is 5.91 Å². The molecule has 9 nitrogen and oxygen atoms in total. The van der Waals surface area contributed by atoms with Crippen LogP contribution in [0.25, 0.3) is 5.69 Å². The first-order valence-electron chi connectivity index (χ1n) is 10.6. The summed E-state index contributed by atoms with van der Waals surface area (Å²) in [5, 5.41) is 13.1. The van der Waals surface area contributed by atoms with Gasteiger partial charge in [0, 0.05) is 24.4 Å². The number of nitrogens with zero attached hydrogens (tertiary/aromatic N) is 3. The summed E-state index contributed by atoms with van der Waals surface area (Å²) in [5.74, 6) is -1.79. The highest BCUT2D eigenvalue weighted by Crippen LogP contribution is 2.31. The number of hydrogen-bond acceptors (Lipinski definition) is 5. The van der Waals surface area contributed by atoms with Crippen molar-refractivity contribution in [1.82, 2.24) is 9.55 Å². The molecule has 0 atom stereocenters. The molecule has 0 aliphatic heterocycles. The summed E-state index contributed by atoms with van der Waals surface area (Å²) >= 11 is 0. The van der Waals surface area contributed by atoms with Crippen LogP contribution in [0, 0.1) is 6.92 Å². The molecule has 3 rings (SSSR count). The minimum atomic E-state index is -1.14. The van der Waals surface area contributed by atoms with Crippen molar-refractivity contribution < 1.29 is 24.3 Å². The molecule has 2 N–H and O–H groups in total. The molecule has 0 saturated carbocycles. The van der Waals surface area contributed by atoms with Crippen LogP contribution in [0.5, 0.6) is 0 Å². The van der Waals surface area contributed by atoms with Gasteiger partial charge >= 0.3 is 5.97 Å². The Kier molecular flexibility index (Phi) is 6.88. The van der Waals surface area contributed by atoms with Crippen molar-refractivity contribution >= 4 is 29.2 Å². The number of benzene rings is 2. The number of amides is 2. The Labute approximate surface area is 197 Å². The van der Waals surface area contributed by atoms with Crippen molar-refractivity contribution in [1.29, 1.82) is 0 Å². The summed E-state index contributed by atoms with van der Waals surface area (Å²) in [7, 11) is 1.39. The van der Waals surface area contributed by atoms with Crippen molar-refractivity contribution in [3.8, 4) is 5.69 Å². The average molecular weight is 465 g/mol. The number of imidazole rings is 1. The molecule has 178 valence electrons. The maximum Gasteiger partial charge on any atom is 0.356 e.